The topological polar surface area (TPSA) is 68.5 Å². The van der Waals surface area contributed by atoms with Crippen LogP contribution in [0.15, 0.2) is 12.1 Å². The maximum absolute atomic E-state index is 11.4. The average molecular weight is 253 g/mol. The zero-order valence-corrected chi connectivity index (χ0v) is 10.5. The summed E-state index contributed by atoms with van der Waals surface area (Å²) in [5.41, 5.74) is 6.80. The second-order valence-corrected chi connectivity index (χ2v) is 4.93. The van der Waals surface area contributed by atoms with Crippen molar-refractivity contribution < 1.29 is 9.53 Å². The Balaban J connectivity index is 2.28. The molecule has 0 saturated carbocycles. The van der Waals surface area contributed by atoms with Crippen molar-refractivity contribution in [3.8, 4) is 0 Å². The number of aromatic nitrogens is 1. The first-order valence-electron chi connectivity index (χ1n) is 5.40. The number of nitrogens with zero attached hydrogens (tertiary/aromatic N) is 2. The van der Waals surface area contributed by atoms with Crippen LogP contribution in [0.3, 0.4) is 0 Å². The van der Waals surface area contributed by atoms with E-state index < -0.39 is 5.97 Å². The van der Waals surface area contributed by atoms with Crippen molar-refractivity contribution >= 4 is 29.2 Å². The van der Waals surface area contributed by atoms with Gasteiger partial charge in [0.2, 0.25) is 0 Å². The number of rotatable bonds is 2. The molecule has 17 heavy (non-hydrogen) atoms. The SMILES string of the molecule is COC(=O)c1ccc(N)c(N2CCSCC2)n1. The molecule has 0 unspecified atom stereocenters. The van der Waals surface area contributed by atoms with Gasteiger partial charge >= 0.3 is 5.97 Å². The van der Waals surface area contributed by atoms with E-state index in [4.69, 9.17) is 5.73 Å². The Hall–Kier alpha value is -1.43. The van der Waals surface area contributed by atoms with Gasteiger partial charge in [0.05, 0.1) is 12.8 Å². The molecule has 2 N–H and O–H groups in total. The van der Waals surface area contributed by atoms with E-state index in [1.165, 1.54) is 7.11 Å². The second-order valence-electron chi connectivity index (χ2n) is 3.70. The number of esters is 1. The first-order valence-corrected chi connectivity index (χ1v) is 6.55. The second kappa shape index (κ2) is 5.27. The maximum atomic E-state index is 11.4. The third-order valence-electron chi connectivity index (χ3n) is 2.61. The highest BCUT2D eigenvalue weighted by Gasteiger charge is 2.17. The van der Waals surface area contributed by atoms with Crippen LogP contribution in [0.2, 0.25) is 0 Å². The molecule has 0 radical (unpaired) electrons. The standard InChI is InChI=1S/C11H15N3O2S/c1-16-11(15)9-3-2-8(12)10(13-9)14-4-6-17-7-5-14/h2-3H,4-7,12H2,1H3. The van der Waals surface area contributed by atoms with E-state index in [-0.39, 0.29) is 0 Å². The number of thioether (sulfide) groups is 1. The summed E-state index contributed by atoms with van der Waals surface area (Å²) in [5, 5.41) is 0. The predicted molar refractivity (Wildman–Crippen MR) is 69.5 cm³/mol. The van der Waals surface area contributed by atoms with Crippen molar-refractivity contribution in [3.05, 3.63) is 17.8 Å². The maximum Gasteiger partial charge on any atom is 0.356 e. The molecule has 0 bridgehead atoms. The van der Waals surface area contributed by atoms with Crippen LogP contribution in [0.1, 0.15) is 10.5 Å². The van der Waals surface area contributed by atoms with Crippen LogP contribution in [-0.4, -0.2) is 42.7 Å². The molecule has 1 fully saturated rings. The lowest BCUT2D eigenvalue weighted by atomic mass is 10.3. The van der Waals surface area contributed by atoms with Crippen LogP contribution < -0.4 is 10.6 Å². The molecule has 2 heterocycles. The Morgan fingerprint density at radius 1 is 1.47 bits per heavy atom. The number of carbonyl (C=O) groups is 1. The molecular formula is C11H15N3O2S. The fraction of sp³-hybridized carbons (Fsp3) is 0.455. The zero-order valence-electron chi connectivity index (χ0n) is 9.68. The molecule has 1 aliphatic rings. The van der Waals surface area contributed by atoms with Gasteiger partial charge in [0.1, 0.15) is 0 Å². The van der Waals surface area contributed by atoms with Gasteiger partial charge in [-0.25, -0.2) is 9.78 Å². The lowest BCUT2D eigenvalue weighted by Crippen LogP contribution is -2.34. The zero-order chi connectivity index (χ0) is 12.3. The third-order valence-corrected chi connectivity index (χ3v) is 3.55. The molecule has 0 aliphatic carbocycles. The minimum absolute atomic E-state index is 0.301. The van der Waals surface area contributed by atoms with E-state index in [1.807, 2.05) is 11.8 Å². The van der Waals surface area contributed by atoms with Crippen LogP contribution in [0.4, 0.5) is 11.5 Å². The summed E-state index contributed by atoms with van der Waals surface area (Å²) < 4.78 is 4.65. The fourth-order valence-corrected chi connectivity index (χ4v) is 2.61. The van der Waals surface area contributed by atoms with Crippen LogP contribution in [-0.2, 0) is 4.74 Å². The van der Waals surface area contributed by atoms with E-state index in [0.29, 0.717) is 17.2 Å². The van der Waals surface area contributed by atoms with E-state index in [2.05, 4.69) is 14.6 Å². The number of nitrogen functional groups attached to an aromatic ring is 1. The molecule has 0 atom stereocenters. The quantitative estimate of drug-likeness (QED) is 0.793. The van der Waals surface area contributed by atoms with Crippen molar-refractivity contribution in [3.63, 3.8) is 0 Å². The predicted octanol–water partition coefficient (Wildman–Crippen LogP) is 1.00. The van der Waals surface area contributed by atoms with Crippen molar-refractivity contribution in [2.45, 2.75) is 0 Å². The molecule has 0 amide bonds. The third kappa shape index (κ3) is 2.63. The van der Waals surface area contributed by atoms with Gasteiger partial charge in [-0.1, -0.05) is 0 Å². The summed E-state index contributed by atoms with van der Waals surface area (Å²) in [5.74, 6) is 2.37. The van der Waals surface area contributed by atoms with Crippen LogP contribution in [0.5, 0.6) is 0 Å². The molecule has 1 saturated heterocycles. The first kappa shape index (κ1) is 12.0. The van der Waals surface area contributed by atoms with Gasteiger partial charge in [-0.15, -0.1) is 0 Å². The number of hydrogen-bond donors (Lipinski definition) is 1. The summed E-state index contributed by atoms with van der Waals surface area (Å²) in [6, 6.07) is 3.29. The highest BCUT2D eigenvalue weighted by Crippen LogP contribution is 2.24. The molecule has 1 aliphatic heterocycles. The Bertz CT molecular complexity index is 419. The number of carbonyl (C=O) groups excluding carboxylic acids is 1. The smallest absolute Gasteiger partial charge is 0.356 e. The molecule has 2 rings (SSSR count). The van der Waals surface area contributed by atoms with E-state index in [9.17, 15) is 4.79 Å². The highest BCUT2D eigenvalue weighted by molar-refractivity contribution is 7.99. The molecule has 6 heteroatoms. The van der Waals surface area contributed by atoms with Crippen LogP contribution >= 0.6 is 11.8 Å². The number of pyridine rings is 1. The number of methoxy groups -OCH3 is 1. The van der Waals surface area contributed by atoms with Crippen molar-refractivity contribution in [1.82, 2.24) is 4.98 Å². The summed E-state index contributed by atoms with van der Waals surface area (Å²) in [7, 11) is 1.34. The largest absolute Gasteiger partial charge is 0.464 e. The van der Waals surface area contributed by atoms with Gasteiger partial charge < -0.3 is 15.4 Å². The number of anilines is 2. The van der Waals surface area contributed by atoms with Crippen LogP contribution in [0.25, 0.3) is 0 Å². The van der Waals surface area contributed by atoms with Gasteiger partial charge in [-0.2, -0.15) is 11.8 Å². The van der Waals surface area contributed by atoms with Gasteiger partial charge in [0.25, 0.3) is 0 Å². The Labute approximate surface area is 104 Å². The molecule has 5 nitrogen and oxygen atoms in total. The van der Waals surface area contributed by atoms with Gasteiger partial charge in [-0.3, -0.25) is 0 Å². The molecular weight excluding hydrogens is 238 g/mol. The summed E-state index contributed by atoms with van der Waals surface area (Å²) in [4.78, 5) is 17.8. The first-order chi connectivity index (χ1) is 8.22. The lowest BCUT2D eigenvalue weighted by molar-refractivity contribution is 0.0594. The Morgan fingerprint density at radius 2 is 2.18 bits per heavy atom. The molecule has 1 aromatic heterocycles. The number of ether oxygens (including phenoxy) is 1. The summed E-state index contributed by atoms with van der Waals surface area (Å²) >= 11 is 1.91. The van der Waals surface area contributed by atoms with Crippen molar-refractivity contribution in [1.29, 1.82) is 0 Å². The van der Waals surface area contributed by atoms with E-state index >= 15 is 0 Å². The summed E-state index contributed by atoms with van der Waals surface area (Å²) in [6.07, 6.45) is 0. The van der Waals surface area contributed by atoms with Gasteiger partial charge in [-0.05, 0) is 12.1 Å². The number of hydrogen-bond acceptors (Lipinski definition) is 6. The molecule has 92 valence electrons. The van der Waals surface area contributed by atoms with Crippen molar-refractivity contribution in [2.75, 3.05) is 42.3 Å². The van der Waals surface area contributed by atoms with Crippen LogP contribution in [0, 0.1) is 0 Å². The Morgan fingerprint density at radius 3 is 2.82 bits per heavy atom. The monoisotopic (exact) mass is 253 g/mol. The van der Waals surface area contributed by atoms with E-state index in [0.717, 1.165) is 24.6 Å². The Kier molecular flexibility index (Phi) is 3.73. The average Bonchev–Trinajstić information content (AvgIpc) is 2.39. The van der Waals surface area contributed by atoms with Crippen molar-refractivity contribution in [2.24, 2.45) is 0 Å². The molecule has 0 spiro atoms. The normalized spacial score (nSPS) is 15.7. The van der Waals surface area contributed by atoms with E-state index in [1.54, 1.807) is 12.1 Å². The minimum atomic E-state index is -0.433. The molecule has 1 aromatic rings. The molecule has 0 aromatic carbocycles. The lowest BCUT2D eigenvalue weighted by Gasteiger charge is -2.28. The highest BCUT2D eigenvalue weighted by atomic mass is 32.2. The summed E-state index contributed by atoms with van der Waals surface area (Å²) in [6.45, 7) is 1.82. The van der Waals surface area contributed by atoms with Gasteiger partial charge in [0.15, 0.2) is 11.5 Å². The number of nitrogens with two attached hydrogens (primary N) is 1. The minimum Gasteiger partial charge on any atom is -0.464 e. The van der Waals surface area contributed by atoms with Gasteiger partial charge in [0, 0.05) is 24.6 Å². The fourth-order valence-electron chi connectivity index (χ4n) is 1.71.